The highest BCUT2D eigenvalue weighted by atomic mass is 32.2. The number of nitro groups is 2. The predicted molar refractivity (Wildman–Crippen MR) is 72.9 cm³/mol. The van der Waals surface area contributed by atoms with Crippen molar-refractivity contribution in [2.75, 3.05) is 0 Å². The van der Waals surface area contributed by atoms with Gasteiger partial charge in [-0.2, -0.15) is 0 Å². The lowest BCUT2D eigenvalue weighted by atomic mass is 10.2. The fourth-order valence-electron chi connectivity index (χ4n) is 1.53. The quantitative estimate of drug-likeness (QED) is 0.496. The maximum absolute atomic E-state index is 11.1. The fraction of sp³-hybridized carbons (Fsp3) is 0. The summed E-state index contributed by atoms with van der Waals surface area (Å²) in [6.45, 7) is 0. The van der Waals surface area contributed by atoms with Crippen LogP contribution in [0, 0.1) is 20.2 Å². The molecule has 0 atom stereocenters. The lowest BCUT2D eigenvalue weighted by molar-refractivity contribution is -0.399. The van der Waals surface area contributed by atoms with E-state index in [4.69, 9.17) is 5.11 Å². The molecule has 0 bridgehead atoms. The van der Waals surface area contributed by atoms with Gasteiger partial charge in [-0.3, -0.25) is 20.2 Å². The minimum Gasteiger partial charge on any atom is -0.478 e. The fourth-order valence-corrected chi connectivity index (χ4v) is 2.41. The van der Waals surface area contributed by atoms with Crippen molar-refractivity contribution in [1.82, 2.24) is 9.97 Å². The number of nitro benzene ring substituents is 2. The van der Waals surface area contributed by atoms with Gasteiger partial charge in [0.05, 0.1) is 15.4 Å². The van der Waals surface area contributed by atoms with E-state index in [0.29, 0.717) is 11.8 Å². The number of aromatic nitrogens is 2. The van der Waals surface area contributed by atoms with Gasteiger partial charge in [-0.1, -0.05) is 0 Å². The summed E-state index contributed by atoms with van der Waals surface area (Å²) in [5, 5.41) is 31.2. The normalized spacial score (nSPS) is 10.2. The molecule has 0 fully saturated rings. The molecule has 0 saturated heterocycles. The molecule has 2 aromatic rings. The van der Waals surface area contributed by atoms with Gasteiger partial charge in [0.25, 0.3) is 11.4 Å². The van der Waals surface area contributed by atoms with Crippen LogP contribution in [0.25, 0.3) is 0 Å². The highest BCUT2D eigenvalue weighted by Gasteiger charge is 2.29. The molecule has 10 nitrogen and oxygen atoms in total. The first-order valence-corrected chi connectivity index (χ1v) is 6.36. The zero-order valence-corrected chi connectivity index (χ0v) is 11.4. The molecule has 11 heteroatoms. The van der Waals surface area contributed by atoms with Crippen LogP contribution in [0.2, 0.25) is 0 Å². The SMILES string of the molecule is O=C(O)c1cc([N+](=O)[O-])c(Sc2ncccn2)c([N+](=O)[O-])c1. The third kappa shape index (κ3) is 3.15. The van der Waals surface area contributed by atoms with E-state index in [-0.39, 0.29) is 10.1 Å². The van der Waals surface area contributed by atoms with Gasteiger partial charge >= 0.3 is 5.97 Å². The summed E-state index contributed by atoms with van der Waals surface area (Å²) in [6.07, 6.45) is 2.75. The molecule has 1 heterocycles. The average Bonchev–Trinajstić information content (AvgIpc) is 2.47. The van der Waals surface area contributed by atoms with Crippen LogP contribution >= 0.6 is 11.8 Å². The molecular weight excluding hydrogens is 316 g/mol. The molecule has 112 valence electrons. The van der Waals surface area contributed by atoms with E-state index in [9.17, 15) is 25.0 Å². The lowest BCUT2D eigenvalue weighted by Gasteiger charge is -2.04. The van der Waals surface area contributed by atoms with Crippen LogP contribution < -0.4 is 0 Å². The molecule has 22 heavy (non-hydrogen) atoms. The van der Waals surface area contributed by atoms with Gasteiger partial charge in [0, 0.05) is 24.5 Å². The van der Waals surface area contributed by atoms with Crippen LogP contribution in [0.5, 0.6) is 0 Å². The number of rotatable bonds is 5. The van der Waals surface area contributed by atoms with E-state index in [1.807, 2.05) is 0 Å². The van der Waals surface area contributed by atoms with Crippen molar-refractivity contribution in [3.63, 3.8) is 0 Å². The van der Waals surface area contributed by atoms with E-state index < -0.39 is 32.8 Å². The highest BCUT2D eigenvalue weighted by Crippen LogP contribution is 2.40. The minimum absolute atomic E-state index is 0.0665. The zero-order valence-electron chi connectivity index (χ0n) is 10.6. The van der Waals surface area contributed by atoms with E-state index in [0.717, 1.165) is 12.1 Å². The Bertz CT molecular complexity index is 731. The third-order valence-corrected chi connectivity index (χ3v) is 3.44. The molecule has 2 rings (SSSR count). The van der Waals surface area contributed by atoms with Crippen molar-refractivity contribution in [3.8, 4) is 0 Å². The van der Waals surface area contributed by atoms with Crippen LogP contribution in [0.15, 0.2) is 40.6 Å². The second-order valence-corrected chi connectivity index (χ2v) is 4.77. The number of carboxylic acid groups (broad SMARTS) is 1. The second-order valence-electron chi connectivity index (χ2n) is 3.80. The summed E-state index contributed by atoms with van der Waals surface area (Å²) in [6, 6.07) is 3.04. The Hall–Kier alpha value is -3.08. The zero-order chi connectivity index (χ0) is 16.3. The predicted octanol–water partition coefficient (Wildman–Crippen LogP) is 2.14. The van der Waals surface area contributed by atoms with Crippen LogP contribution in [0.4, 0.5) is 11.4 Å². The first-order chi connectivity index (χ1) is 10.4. The van der Waals surface area contributed by atoms with Gasteiger partial charge in [-0.25, -0.2) is 14.8 Å². The summed E-state index contributed by atoms with van der Waals surface area (Å²) >= 11 is 0.619. The lowest BCUT2D eigenvalue weighted by Crippen LogP contribution is -2.03. The molecule has 1 aromatic carbocycles. The van der Waals surface area contributed by atoms with Crippen molar-refractivity contribution in [3.05, 3.63) is 56.4 Å². The average molecular weight is 322 g/mol. The van der Waals surface area contributed by atoms with Gasteiger partial charge in [0.1, 0.15) is 0 Å². The summed E-state index contributed by atoms with van der Waals surface area (Å²) in [4.78, 5) is 38.7. The number of nitrogens with zero attached hydrogens (tertiary/aromatic N) is 4. The van der Waals surface area contributed by atoms with Crippen LogP contribution in [-0.4, -0.2) is 30.9 Å². The molecule has 0 aliphatic rings. The minimum atomic E-state index is -1.50. The molecule has 0 radical (unpaired) electrons. The summed E-state index contributed by atoms with van der Waals surface area (Å²) in [5.74, 6) is -1.50. The third-order valence-electron chi connectivity index (χ3n) is 2.43. The first kappa shape index (κ1) is 15.3. The van der Waals surface area contributed by atoms with E-state index in [1.54, 1.807) is 0 Å². The summed E-state index contributed by atoms with van der Waals surface area (Å²) in [5.41, 5.74) is -1.93. The number of aromatic carboxylic acids is 1. The van der Waals surface area contributed by atoms with Crippen molar-refractivity contribution in [2.24, 2.45) is 0 Å². The Kier molecular flexibility index (Phi) is 4.27. The van der Waals surface area contributed by atoms with Gasteiger partial charge in [-0.05, 0) is 17.8 Å². The number of benzene rings is 1. The van der Waals surface area contributed by atoms with Gasteiger partial charge in [-0.15, -0.1) is 0 Å². The Morgan fingerprint density at radius 3 is 2.00 bits per heavy atom. The number of carbonyl (C=O) groups is 1. The van der Waals surface area contributed by atoms with Crippen molar-refractivity contribution >= 4 is 29.1 Å². The molecule has 0 unspecified atom stereocenters. The highest BCUT2D eigenvalue weighted by molar-refractivity contribution is 7.99. The molecule has 0 saturated carbocycles. The van der Waals surface area contributed by atoms with Crippen molar-refractivity contribution in [1.29, 1.82) is 0 Å². The van der Waals surface area contributed by atoms with Gasteiger partial charge in [0.2, 0.25) is 0 Å². The molecule has 0 spiro atoms. The largest absolute Gasteiger partial charge is 0.478 e. The van der Waals surface area contributed by atoms with Crippen LogP contribution in [-0.2, 0) is 0 Å². The molecule has 0 amide bonds. The Morgan fingerprint density at radius 2 is 1.59 bits per heavy atom. The number of hydrogen-bond donors (Lipinski definition) is 1. The first-order valence-electron chi connectivity index (χ1n) is 5.55. The maximum atomic E-state index is 11.1. The van der Waals surface area contributed by atoms with E-state index in [1.165, 1.54) is 18.5 Å². The smallest absolute Gasteiger partial charge is 0.336 e. The van der Waals surface area contributed by atoms with Crippen molar-refractivity contribution in [2.45, 2.75) is 10.1 Å². The van der Waals surface area contributed by atoms with Gasteiger partial charge < -0.3 is 5.11 Å². The molecule has 0 aliphatic carbocycles. The van der Waals surface area contributed by atoms with Crippen molar-refractivity contribution < 1.29 is 19.7 Å². The monoisotopic (exact) mass is 322 g/mol. The Balaban J connectivity index is 2.66. The maximum Gasteiger partial charge on any atom is 0.336 e. The molecule has 1 N–H and O–H groups in total. The second kappa shape index (κ2) is 6.13. The summed E-state index contributed by atoms with van der Waals surface area (Å²) in [7, 11) is 0. The standard InChI is InChI=1S/C11H6N4O6S/c16-10(17)6-4-7(14(18)19)9(8(5-6)15(20)21)22-11-12-2-1-3-13-11/h1-5H,(H,16,17). The number of carboxylic acids is 1. The van der Waals surface area contributed by atoms with E-state index in [2.05, 4.69) is 9.97 Å². The molecule has 1 aromatic heterocycles. The number of hydrogen-bond acceptors (Lipinski definition) is 8. The van der Waals surface area contributed by atoms with Gasteiger partial charge in [0.15, 0.2) is 10.1 Å². The Labute approximate surface area is 126 Å². The van der Waals surface area contributed by atoms with Crippen LogP contribution in [0.1, 0.15) is 10.4 Å². The Morgan fingerprint density at radius 1 is 1.09 bits per heavy atom. The molecular formula is C11H6N4O6S. The topological polar surface area (TPSA) is 149 Å². The van der Waals surface area contributed by atoms with Crippen LogP contribution in [0.3, 0.4) is 0 Å². The van der Waals surface area contributed by atoms with E-state index >= 15 is 0 Å². The molecule has 0 aliphatic heterocycles. The summed E-state index contributed by atoms with van der Waals surface area (Å²) < 4.78 is 0.